The Hall–Kier alpha value is -0.770. The fraction of sp³-hybridized carbons (Fsp3) is 0.972. The molecule has 6 aliphatic heterocycles. The molecule has 0 spiro atoms. The normalized spacial score (nSPS) is 24.9. The van der Waals surface area contributed by atoms with E-state index in [0.29, 0.717) is 6.04 Å². The van der Waals surface area contributed by atoms with Gasteiger partial charge in [-0.3, -0.25) is 34.1 Å². The molecule has 1 N–H and O–H groups in total. The van der Waals surface area contributed by atoms with Crippen molar-refractivity contribution in [3.8, 4) is 0 Å². The Morgan fingerprint density at radius 2 is 0.463 bits per heavy atom. The number of nitrogens with one attached hydrogen (secondary N) is 1. The zero-order chi connectivity index (χ0) is 60.7. The number of halogens is 1. The summed E-state index contributed by atoms with van der Waals surface area (Å²) in [6.07, 6.45) is 26.1. The second-order valence-corrected chi connectivity index (χ2v) is 30.0. The summed E-state index contributed by atoms with van der Waals surface area (Å²) in [5, 5.41) is 3.18. The van der Waals surface area contributed by atoms with Gasteiger partial charge in [0.2, 0.25) is 0 Å². The molecular formula is C72H164FN7. The molecule has 6 unspecified atom stereocenters. The summed E-state index contributed by atoms with van der Waals surface area (Å²) in [5.74, 6) is 4.97. The van der Waals surface area contributed by atoms with Crippen LogP contribution in [0, 0.1) is 35.5 Å². The molecule has 0 bridgehead atoms. The highest BCUT2D eigenvalue weighted by Gasteiger charge is 2.31. The van der Waals surface area contributed by atoms with Gasteiger partial charge >= 0.3 is 0 Å². The summed E-state index contributed by atoms with van der Waals surface area (Å²) in [7, 11) is 0. The van der Waals surface area contributed by atoms with Crippen LogP contribution < -0.4 is 5.32 Å². The highest BCUT2D eigenvalue weighted by molar-refractivity contribution is 4.92. The first kappa shape index (κ1) is 81.3. The van der Waals surface area contributed by atoms with E-state index in [1.807, 2.05) is 6.20 Å². The molecule has 7 nitrogen and oxygen atoms in total. The molecule has 6 heterocycles. The van der Waals surface area contributed by atoms with Crippen molar-refractivity contribution in [1.82, 2.24) is 34.7 Å². The van der Waals surface area contributed by atoms with Gasteiger partial charge in [-0.25, -0.2) is 0 Å². The maximum atomic E-state index is 3.18. The fourth-order valence-electron chi connectivity index (χ4n) is 14.2. The second kappa shape index (κ2) is 44.6. The van der Waals surface area contributed by atoms with Crippen LogP contribution in [0.4, 0.5) is 4.70 Å². The van der Waals surface area contributed by atoms with Gasteiger partial charge in [0.25, 0.3) is 0 Å². The largest absolute Gasteiger partial charge is 0.389 e. The van der Waals surface area contributed by atoms with Crippen molar-refractivity contribution in [3.05, 3.63) is 11.8 Å². The lowest BCUT2D eigenvalue weighted by atomic mass is 9.92. The average Bonchev–Trinajstić information content (AvgIpc) is 4.03. The summed E-state index contributed by atoms with van der Waals surface area (Å²) in [5.41, 5.74) is 1.32. The van der Waals surface area contributed by atoms with E-state index in [-0.39, 0.29) is 13.3 Å². The maximum absolute atomic E-state index is 3.18. The molecule has 0 amide bonds. The Balaban J connectivity index is -0.000000136. The third kappa shape index (κ3) is 32.7. The fourth-order valence-corrected chi connectivity index (χ4v) is 14.2. The lowest BCUT2D eigenvalue weighted by molar-refractivity contribution is 0.0807. The van der Waals surface area contributed by atoms with E-state index in [9.17, 15) is 0 Å². The van der Waals surface area contributed by atoms with Crippen molar-refractivity contribution in [3.63, 3.8) is 0 Å². The maximum Gasteiger partial charge on any atom is 0.0199 e. The summed E-state index contributed by atoms with van der Waals surface area (Å²) in [6.45, 7) is 72.3. The first-order valence-corrected chi connectivity index (χ1v) is 34.8. The lowest BCUT2D eigenvalue weighted by Crippen LogP contribution is -2.46. The molecule has 0 saturated carbocycles. The zero-order valence-corrected chi connectivity index (χ0v) is 59.9. The van der Waals surface area contributed by atoms with Crippen molar-refractivity contribution < 1.29 is 13.3 Å². The van der Waals surface area contributed by atoms with Gasteiger partial charge in [-0.2, -0.15) is 0 Å². The third-order valence-corrected chi connectivity index (χ3v) is 18.6. The minimum absolute atomic E-state index is 0. The smallest absolute Gasteiger partial charge is 0.0199 e. The van der Waals surface area contributed by atoms with Gasteiger partial charge in [0.15, 0.2) is 0 Å². The summed E-state index contributed by atoms with van der Waals surface area (Å²) >= 11 is 0. The second-order valence-electron chi connectivity index (χ2n) is 30.0. The molecule has 6 rings (SSSR count). The van der Waals surface area contributed by atoms with Crippen molar-refractivity contribution in [2.75, 3.05) is 39.3 Å². The summed E-state index contributed by atoms with van der Waals surface area (Å²) in [6, 6.07) is 10.1. The standard InChI is InChI=1S/C12H25N.3C11H23N.2C10H21N.C7H15N.FH.6H2/c1-10(2)12-8-6-5-7-9-13(12)11(3)4;3*1-9(2)11-7-5-6-8-12(11)10(3)4;2*1-8(2)10-6-5-7-11(10)9(3)4;1-6(2)5-8-7(3)4;;;;;;;/h10-12H,5-9H2,1-4H3;3*9-11H,5-8H2,1-4H3;2*8-10H,5-7H2,1-4H3;5,7-8H,1-4H3;7*1H. The molecule has 8 heteroatoms. The highest BCUT2D eigenvalue weighted by Crippen LogP contribution is 2.30. The Labute approximate surface area is 514 Å². The van der Waals surface area contributed by atoms with Gasteiger partial charge < -0.3 is 5.32 Å². The minimum atomic E-state index is 0. The Morgan fingerprint density at radius 1 is 0.287 bits per heavy atom. The van der Waals surface area contributed by atoms with E-state index < -0.39 is 0 Å². The van der Waals surface area contributed by atoms with Crippen molar-refractivity contribution in [1.29, 1.82) is 0 Å². The molecule has 80 heavy (non-hydrogen) atoms. The van der Waals surface area contributed by atoms with Gasteiger partial charge in [-0.1, -0.05) is 121 Å². The Kier molecular flexibility index (Phi) is 45.4. The molecule has 0 radical (unpaired) electrons. The van der Waals surface area contributed by atoms with Crippen LogP contribution in [-0.2, 0) is 0 Å². The number of hydrogen-bond donors (Lipinski definition) is 1. The van der Waals surface area contributed by atoms with E-state index in [1.54, 1.807) is 0 Å². The predicted octanol–water partition coefficient (Wildman–Crippen LogP) is 20.6. The van der Waals surface area contributed by atoms with Crippen LogP contribution in [0.2, 0.25) is 0 Å². The molecule has 494 valence electrons. The monoisotopic (exact) mass is 1150 g/mol. The SMILES string of the molecule is CC(C)=CNC(C)C.CC(C)C1CCCCCN1C(C)C.CC(C)C1CCCCN1C(C)C.CC(C)C1CCCCN1C(C)C.CC(C)C1CCCCN1C(C)C.CC(C)C1CCCN1C(C)C.CC(C)C1CCCN1C(C)C.F.[HH].[HH].[HH].[HH].[HH].[HH]. The molecule has 0 aromatic heterocycles. The minimum Gasteiger partial charge on any atom is -0.389 e. The number of allylic oxidation sites excluding steroid dienone is 1. The van der Waals surface area contributed by atoms with E-state index in [2.05, 4.69) is 229 Å². The number of hydrogen-bond acceptors (Lipinski definition) is 7. The molecule has 6 aliphatic rings. The van der Waals surface area contributed by atoms with Crippen LogP contribution in [0.1, 0.15) is 312 Å². The first-order valence-electron chi connectivity index (χ1n) is 34.8. The lowest BCUT2D eigenvalue weighted by Gasteiger charge is -2.40. The topological polar surface area (TPSA) is 31.5 Å². The van der Waals surface area contributed by atoms with Gasteiger partial charge in [0.05, 0.1) is 0 Å². The number of likely N-dealkylation sites (tertiary alicyclic amines) is 6. The van der Waals surface area contributed by atoms with Crippen LogP contribution in [0.5, 0.6) is 0 Å². The van der Waals surface area contributed by atoms with Gasteiger partial charge in [-0.05, 0) is 269 Å². The van der Waals surface area contributed by atoms with Crippen LogP contribution >= 0.6 is 0 Å². The van der Waals surface area contributed by atoms with Crippen molar-refractivity contribution in [2.45, 2.75) is 382 Å². The van der Waals surface area contributed by atoms with Crippen molar-refractivity contribution >= 4 is 0 Å². The van der Waals surface area contributed by atoms with E-state index in [1.165, 1.54) is 154 Å². The zero-order valence-electron chi connectivity index (χ0n) is 59.9. The van der Waals surface area contributed by atoms with E-state index >= 15 is 0 Å². The average molecular weight is 1150 g/mol. The molecule has 6 atom stereocenters. The van der Waals surface area contributed by atoms with E-state index in [0.717, 1.165) is 108 Å². The summed E-state index contributed by atoms with van der Waals surface area (Å²) < 4.78 is 0. The first-order chi connectivity index (χ1) is 36.9. The van der Waals surface area contributed by atoms with Crippen LogP contribution in [-0.4, -0.2) is 147 Å². The molecule has 0 aliphatic carbocycles. The molecular weight excluding hydrogens is 982 g/mol. The number of rotatable bonds is 14. The molecule has 0 aromatic rings. The van der Waals surface area contributed by atoms with Crippen LogP contribution in [0.15, 0.2) is 11.8 Å². The highest BCUT2D eigenvalue weighted by atomic mass is 19.0. The van der Waals surface area contributed by atoms with E-state index in [4.69, 9.17) is 0 Å². The predicted molar refractivity (Wildman–Crippen MR) is 374 cm³/mol. The number of nitrogens with zero attached hydrogens (tertiary/aromatic N) is 6. The molecule has 6 saturated heterocycles. The molecule has 6 fully saturated rings. The number of piperidine rings is 3. The van der Waals surface area contributed by atoms with Gasteiger partial charge in [0, 0.05) is 87.1 Å². The van der Waals surface area contributed by atoms with Crippen molar-refractivity contribution in [2.24, 2.45) is 35.5 Å². The molecule has 0 aromatic carbocycles. The van der Waals surface area contributed by atoms with Crippen LogP contribution in [0.25, 0.3) is 0 Å². The third-order valence-electron chi connectivity index (χ3n) is 18.6. The van der Waals surface area contributed by atoms with Crippen LogP contribution in [0.3, 0.4) is 0 Å². The Morgan fingerprint density at radius 3 is 0.625 bits per heavy atom. The van der Waals surface area contributed by atoms with Gasteiger partial charge in [0.1, 0.15) is 0 Å². The van der Waals surface area contributed by atoms with Gasteiger partial charge in [-0.15, -0.1) is 0 Å². The summed E-state index contributed by atoms with van der Waals surface area (Å²) in [4.78, 5) is 16.0. The Bertz CT molecular complexity index is 1280. The quantitative estimate of drug-likeness (QED) is 0.185.